The lowest BCUT2D eigenvalue weighted by Gasteiger charge is -2.10. The van der Waals surface area contributed by atoms with Gasteiger partial charge in [0.2, 0.25) is 10.0 Å². The zero-order valence-corrected chi connectivity index (χ0v) is 10.7. The molecule has 2 aromatic rings. The molecule has 0 radical (unpaired) electrons. The van der Waals surface area contributed by atoms with Crippen molar-refractivity contribution < 1.29 is 12.8 Å². The van der Waals surface area contributed by atoms with Gasteiger partial charge in [-0.1, -0.05) is 6.07 Å². The van der Waals surface area contributed by atoms with Gasteiger partial charge in [0.05, 0.1) is 17.4 Å². The van der Waals surface area contributed by atoms with E-state index in [1.807, 2.05) is 0 Å². The van der Waals surface area contributed by atoms with E-state index in [4.69, 9.17) is 10.2 Å². The van der Waals surface area contributed by atoms with Crippen LogP contribution in [-0.4, -0.2) is 8.42 Å². The molecule has 0 saturated heterocycles. The molecule has 0 saturated carbocycles. The van der Waals surface area contributed by atoms with Crippen LogP contribution in [0.3, 0.4) is 0 Å². The van der Waals surface area contributed by atoms with E-state index in [2.05, 4.69) is 4.72 Å². The minimum Gasteiger partial charge on any atom is -0.472 e. The van der Waals surface area contributed by atoms with E-state index in [9.17, 15) is 8.42 Å². The van der Waals surface area contributed by atoms with Crippen LogP contribution in [0.15, 0.2) is 46.1 Å². The van der Waals surface area contributed by atoms with Crippen molar-refractivity contribution in [2.45, 2.75) is 18.4 Å². The third kappa shape index (κ3) is 2.55. The maximum atomic E-state index is 12.1. The number of sulfonamides is 1. The van der Waals surface area contributed by atoms with Gasteiger partial charge in [0.25, 0.3) is 0 Å². The highest BCUT2D eigenvalue weighted by Crippen LogP contribution is 2.20. The number of hydrogen-bond donors (Lipinski definition) is 2. The van der Waals surface area contributed by atoms with Gasteiger partial charge in [-0.15, -0.1) is 0 Å². The van der Waals surface area contributed by atoms with Crippen LogP contribution >= 0.6 is 0 Å². The summed E-state index contributed by atoms with van der Waals surface area (Å²) in [6.45, 7) is 1.87. The van der Waals surface area contributed by atoms with Crippen LogP contribution in [-0.2, 0) is 16.6 Å². The van der Waals surface area contributed by atoms with Gasteiger partial charge in [0.15, 0.2) is 0 Å². The summed E-state index contributed by atoms with van der Waals surface area (Å²) in [5.41, 5.74) is 7.48. The Morgan fingerprint density at radius 1 is 1.33 bits per heavy atom. The van der Waals surface area contributed by atoms with Gasteiger partial charge in [-0.25, -0.2) is 13.1 Å². The smallest absolute Gasteiger partial charge is 0.241 e. The fourth-order valence-electron chi connectivity index (χ4n) is 1.57. The lowest BCUT2D eigenvalue weighted by atomic mass is 10.2. The third-order valence-corrected chi connectivity index (χ3v) is 4.21. The van der Waals surface area contributed by atoms with E-state index in [0.29, 0.717) is 11.3 Å². The second-order valence-electron chi connectivity index (χ2n) is 3.93. The van der Waals surface area contributed by atoms with Gasteiger partial charge in [-0.3, -0.25) is 0 Å². The second kappa shape index (κ2) is 4.83. The fraction of sp³-hybridized carbons (Fsp3) is 0.167. The maximum Gasteiger partial charge on any atom is 0.241 e. The summed E-state index contributed by atoms with van der Waals surface area (Å²) in [5, 5.41) is 0. The molecular formula is C12H14N2O3S. The van der Waals surface area contributed by atoms with Crippen LogP contribution < -0.4 is 10.5 Å². The van der Waals surface area contributed by atoms with Gasteiger partial charge >= 0.3 is 0 Å². The average molecular weight is 266 g/mol. The third-order valence-electron chi connectivity index (χ3n) is 2.66. The van der Waals surface area contributed by atoms with Gasteiger partial charge in [-0.2, -0.15) is 0 Å². The molecule has 0 fully saturated rings. The van der Waals surface area contributed by atoms with Crippen molar-refractivity contribution in [1.29, 1.82) is 0 Å². The maximum absolute atomic E-state index is 12.1. The standard InChI is InChI=1S/C12H14N2O3S/c1-9-11(13)3-2-4-12(9)18(15,16)14-7-10-5-6-17-8-10/h2-6,8,14H,7,13H2,1H3. The highest BCUT2D eigenvalue weighted by atomic mass is 32.2. The molecule has 0 spiro atoms. The van der Waals surface area contributed by atoms with Crippen LogP contribution in [0.25, 0.3) is 0 Å². The number of benzene rings is 1. The number of nitrogen functional groups attached to an aromatic ring is 1. The first-order valence-corrected chi connectivity index (χ1v) is 6.85. The molecule has 1 aromatic carbocycles. The Labute approximate surface area is 106 Å². The van der Waals surface area contributed by atoms with Crippen LogP contribution in [0.4, 0.5) is 5.69 Å². The summed E-state index contributed by atoms with van der Waals surface area (Å²) in [5.74, 6) is 0. The molecule has 1 aromatic heterocycles. The van der Waals surface area contributed by atoms with Crippen molar-refractivity contribution in [2.75, 3.05) is 5.73 Å². The zero-order chi connectivity index (χ0) is 13.2. The molecule has 1 heterocycles. The largest absolute Gasteiger partial charge is 0.472 e. The molecule has 0 atom stereocenters. The molecular weight excluding hydrogens is 252 g/mol. The average Bonchev–Trinajstić information content (AvgIpc) is 2.83. The first-order valence-electron chi connectivity index (χ1n) is 5.36. The van der Waals surface area contributed by atoms with Crippen LogP contribution in [0.5, 0.6) is 0 Å². The summed E-state index contributed by atoms with van der Waals surface area (Å²) in [7, 11) is -3.56. The number of hydrogen-bond acceptors (Lipinski definition) is 4. The van der Waals surface area contributed by atoms with Gasteiger partial charge in [-0.05, 0) is 30.7 Å². The molecule has 0 aliphatic rings. The van der Waals surface area contributed by atoms with E-state index < -0.39 is 10.0 Å². The summed E-state index contributed by atoms with van der Waals surface area (Å²) in [4.78, 5) is 0.200. The lowest BCUT2D eigenvalue weighted by Crippen LogP contribution is -2.24. The molecule has 0 unspecified atom stereocenters. The number of nitrogens with one attached hydrogen (secondary N) is 1. The Morgan fingerprint density at radius 3 is 2.78 bits per heavy atom. The monoisotopic (exact) mass is 266 g/mol. The molecule has 0 bridgehead atoms. The van der Waals surface area contributed by atoms with Crippen LogP contribution in [0.2, 0.25) is 0 Å². The molecule has 5 nitrogen and oxygen atoms in total. The Hall–Kier alpha value is -1.79. The van der Waals surface area contributed by atoms with Crippen molar-refractivity contribution in [3.63, 3.8) is 0 Å². The number of nitrogens with two attached hydrogens (primary N) is 1. The zero-order valence-electron chi connectivity index (χ0n) is 9.88. The predicted octanol–water partition coefficient (Wildman–Crippen LogP) is 1.65. The fourth-order valence-corrected chi connectivity index (χ4v) is 2.86. The summed E-state index contributed by atoms with van der Waals surface area (Å²) in [6, 6.07) is 6.53. The first kappa shape index (κ1) is 12.7. The second-order valence-corrected chi connectivity index (χ2v) is 5.66. The molecule has 0 aliphatic carbocycles. The summed E-state index contributed by atoms with van der Waals surface area (Å²) < 4.78 is 31.6. The Kier molecular flexibility index (Phi) is 3.40. The van der Waals surface area contributed by atoms with E-state index in [-0.39, 0.29) is 11.4 Å². The topological polar surface area (TPSA) is 85.3 Å². The normalized spacial score (nSPS) is 11.6. The van der Waals surface area contributed by atoms with Crippen LogP contribution in [0, 0.1) is 6.92 Å². The molecule has 0 aliphatic heterocycles. The van der Waals surface area contributed by atoms with E-state index in [0.717, 1.165) is 5.56 Å². The van der Waals surface area contributed by atoms with Gasteiger partial charge in [0.1, 0.15) is 0 Å². The van der Waals surface area contributed by atoms with E-state index in [1.54, 1.807) is 25.1 Å². The molecule has 0 amide bonds. The van der Waals surface area contributed by atoms with E-state index >= 15 is 0 Å². The summed E-state index contributed by atoms with van der Waals surface area (Å²) in [6.07, 6.45) is 2.99. The Morgan fingerprint density at radius 2 is 2.11 bits per heavy atom. The SMILES string of the molecule is Cc1c(N)cccc1S(=O)(=O)NCc1ccoc1. The van der Waals surface area contributed by atoms with Crippen molar-refractivity contribution in [1.82, 2.24) is 4.72 Å². The van der Waals surface area contributed by atoms with Crippen molar-refractivity contribution in [3.05, 3.63) is 47.9 Å². The molecule has 96 valence electrons. The van der Waals surface area contributed by atoms with Crippen LogP contribution in [0.1, 0.15) is 11.1 Å². The number of furan rings is 1. The van der Waals surface area contributed by atoms with Crippen molar-refractivity contribution in [2.24, 2.45) is 0 Å². The van der Waals surface area contributed by atoms with Crippen molar-refractivity contribution >= 4 is 15.7 Å². The first-order chi connectivity index (χ1) is 8.50. The van der Waals surface area contributed by atoms with Gasteiger partial charge < -0.3 is 10.2 Å². The van der Waals surface area contributed by atoms with Gasteiger partial charge in [0, 0.05) is 17.8 Å². The summed E-state index contributed by atoms with van der Waals surface area (Å²) >= 11 is 0. The van der Waals surface area contributed by atoms with E-state index in [1.165, 1.54) is 18.6 Å². The highest BCUT2D eigenvalue weighted by Gasteiger charge is 2.17. The number of rotatable bonds is 4. The minimum atomic E-state index is -3.56. The number of anilines is 1. The van der Waals surface area contributed by atoms with Crippen molar-refractivity contribution in [3.8, 4) is 0 Å². The lowest BCUT2D eigenvalue weighted by molar-refractivity contribution is 0.561. The molecule has 2 rings (SSSR count). The highest BCUT2D eigenvalue weighted by molar-refractivity contribution is 7.89. The Bertz CT molecular complexity index is 633. The predicted molar refractivity (Wildman–Crippen MR) is 68.3 cm³/mol. The quantitative estimate of drug-likeness (QED) is 0.824. The molecule has 3 N–H and O–H groups in total. The molecule has 6 heteroatoms. The Balaban J connectivity index is 2.23. The minimum absolute atomic E-state index is 0.188. The molecule has 18 heavy (non-hydrogen) atoms.